The highest BCUT2D eigenvalue weighted by molar-refractivity contribution is 6.32. The average molecular weight is 384 g/mol. The standard InChI is InChI=1S/C13H10Cl2F3N3O3/c1-5-19-21(13(24)20(5)12(17)18)7-2-6(3-8(14)11(22)23)10(15)9(16)4-7/h2,4,8,12H,3H2,1H3,(H,22,23). The van der Waals surface area contributed by atoms with Crippen LogP contribution < -0.4 is 5.69 Å². The van der Waals surface area contributed by atoms with Crippen molar-refractivity contribution < 1.29 is 23.1 Å². The van der Waals surface area contributed by atoms with E-state index in [1.165, 1.54) is 13.0 Å². The van der Waals surface area contributed by atoms with Gasteiger partial charge < -0.3 is 5.11 Å². The minimum absolute atomic E-state index is 0.00483. The molecule has 2 rings (SSSR count). The lowest BCUT2D eigenvalue weighted by Gasteiger charge is -2.10. The summed E-state index contributed by atoms with van der Waals surface area (Å²) < 4.78 is 40.3. The van der Waals surface area contributed by atoms with E-state index in [4.69, 9.17) is 28.3 Å². The van der Waals surface area contributed by atoms with E-state index in [1.54, 1.807) is 0 Å². The Hall–Kier alpha value is -2.00. The van der Waals surface area contributed by atoms with Crippen LogP contribution in [0.15, 0.2) is 16.9 Å². The van der Waals surface area contributed by atoms with Crippen molar-refractivity contribution >= 4 is 29.2 Å². The van der Waals surface area contributed by atoms with Gasteiger partial charge in [0, 0.05) is 12.5 Å². The molecule has 0 spiro atoms. The van der Waals surface area contributed by atoms with E-state index >= 15 is 0 Å². The Morgan fingerprint density at radius 2 is 2.04 bits per heavy atom. The molecule has 0 amide bonds. The quantitative estimate of drug-likeness (QED) is 0.805. The van der Waals surface area contributed by atoms with Crippen molar-refractivity contribution in [2.75, 3.05) is 0 Å². The second kappa shape index (κ2) is 6.86. The normalized spacial score (nSPS) is 12.6. The Kier molecular flexibility index (Phi) is 5.24. The van der Waals surface area contributed by atoms with Gasteiger partial charge in [0.15, 0.2) is 0 Å². The number of carboxylic acids is 1. The lowest BCUT2D eigenvalue weighted by Crippen LogP contribution is -2.25. The molecule has 0 radical (unpaired) electrons. The van der Waals surface area contributed by atoms with Crippen molar-refractivity contribution in [1.29, 1.82) is 0 Å². The molecule has 1 unspecified atom stereocenters. The third kappa shape index (κ3) is 3.41. The molecule has 6 nitrogen and oxygen atoms in total. The van der Waals surface area contributed by atoms with Gasteiger partial charge in [0.2, 0.25) is 0 Å². The molecule has 0 fully saturated rings. The minimum atomic E-state index is -3.11. The van der Waals surface area contributed by atoms with Crippen LogP contribution in [0.2, 0.25) is 5.02 Å². The van der Waals surface area contributed by atoms with Gasteiger partial charge in [0.1, 0.15) is 17.0 Å². The summed E-state index contributed by atoms with van der Waals surface area (Å²) in [6.07, 6.45) is -0.330. The first-order valence-electron chi connectivity index (χ1n) is 6.45. The second-order valence-electron chi connectivity index (χ2n) is 4.80. The Balaban J connectivity index is 2.57. The minimum Gasteiger partial charge on any atom is -0.480 e. The Labute approximate surface area is 143 Å². The number of aromatic nitrogens is 3. The molecule has 130 valence electrons. The molecule has 0 aliphatic heterocycles. The molecular weight excluding hydrogens is 374 g/mol. The number of aliphatic carboxylic acids is 1. The van der Waals surface area contributed by atoms with Gasteiger partial charge in [-0.1, -0.05) is 11.6 Å². The van der Waals surface area contributed by atoms with Crippen molar-refractivity contribution in [1.82, 2.24) is 14.3 Å². The highest BCUT2D eigenvalue weighted by atomic mass is 35.5. The largest absolute Gasteiger partial charge is 0.480 e. The maximum absolute atomic E-state index is 14.0. The number of aryl methyl sites for hydroxylation is 1. The van der Waals surface area contributed by atoms with Gasteiger partial charge in [0.05, 0.1) is 10.7 Å². The fourth-order valence-corrected chi connectivity index (χ4v) is 2.40. The van der Waals surface area contributed by atoms with Crippen LogP contribution in [0, 0.1) is 12.7 Å². The zero-order valence-electron chi connectivity index (χ0n) is 12.0. The van der Waals surface area contributed by atoms with Crippen molar-refractivity contribution in [2.24, 2.45) is 0 Å². The highest BCUT2D eigenvalue weighted by Crippen LogP contribution is 2.26. The van der Waals surface area contributed by atoms with Crippen LogP contribution in [0.25, 0.3) is 5.69 Å². The SMILES string of the molecule is Cc1nn(-c2cc(F)c(Cl)c(CC(Cl)C(=O)O)c2)c(=O)n1C(F)F. The number of alkyl halides is 3. The van der Waals surface area contributed by atoms with Gasteiger partial charge >= 0.3 is 18.2 Å². The van der Waals surface area contributed by atoms with Crippen molar-refractivity contribution in [3.8, 4) is 5.69 Å². The Morgan fingerprint density at radius 1 is 1.42 bits per heavy atom. The average Bonchev–Trinajstić information content (AvgIpc) is 2.78. The van der Waals surface area contributed by atoms with Crippen LogP contribution in [-0.2, 0) is 11.2 Å². The third-order valence-electron chi connectivity index (χ3n) is 3.18. The van der Waals surface area contributed by atoms with Crippen molar-refractivity contribution in [2.45, 2.75) is 25.3 Å². The molecule has 1 heterocycles. The first-order chi connectivity index (χ1) is 11.1. The molecule has 2 aromatic rings. The molecule has 24 heavy (non-hydrogen) atoms. The molecule has 0 aliphatic carbocycles. The van der Waals surface area contributed by atoms with Crippen LogP contribution in [0.4, 0.5) is 13.2 Å². The van der Waals surface area contributed by atoms with Gasteiger partial charge in [0.25, 0.3) is 0 Å². The zero-order chi connectivity index (χ0) is 18.2. The second-order valence-corrected chi connectivity index (χ2v) is 5.70. The number of carbonyl (C=O) groups is 1. The summed E-state index contributed by atoms with van der Waals surface area (Å²) in [7, 11) is 0. The number of benzene rings is 1. The van der Waals surface area contributed by atoms with E-state index < -0.39 is 29.4 Å². The van der Waals surface area contributed by atoms with Gasteiger partial charge in [-0.3, -0.25) is 4.79 Å². The summed E-state index contributed by atoms with van der Waals surface area (Å²) >= 11 is 11.4. The van der Waals surface area contributed by atoms with Gasteiger partial charge in [-0.15, -0.1) is 11.6 Å². The monoisotopic (exact) mass is 383 g/mol. The molecule has 1 atom stereocenters. The van der Waals surface area contributed by atoms with Crippen molar-refractivity contribution in [3.63, 3.8) is 0 Å². The van der Waals surface area contributed by atoms with E-state index in [0.29, 0.717) is 4.68 Å². The number of nitrogens with zero attached hydrogens (tertiary/aromatic N) is 3. The summed E-state index contributed by atoms with van der Waals surface area (Å²) in [4.78, 5) is 22.8. The van der Waals surface area contributed by atoms with E-state index in [0.717, 1.165) is 6.07 Å². The van der Waals surface area contributed by atoms with Crippen LogP contribution in [0.3, 0.4) is 0 Å². The van der Waals surface area contributed by atoms with Crippen LogP contribution in [0.5, 0.6) is 0 Å². The topological polar surface area (TPSA) is 77.1 Å². The van der Waals surface area contributed by atoms with E-state index in [2.05, 4.69) is 5.10 Å². The predicted octanol–water partition coefficient (Wildman–Crippen LogP) is 2.76. The molecule has 0 bridgehead atoms. The summed E-state index contributed by atoms with van der Waals surface area (Å²) in [6, 6.07) is 2.01. The first-order valence-corrected chi connectivity index (χ1v) is 7.26. The van der Waals surface area contributed by atoms with Gasteiger partial charge in [-0.25, -0.2) is 13.8 Å². The summed E-state index contributed by atoms with van der Waals surface area (Å²) in [6.45, 7) is -1.92. The maximum atomic E-state index is 14.0. The Bertz CT molecular complexity index is 851. The summed E-state index contributed by atoms with van der Waals surface area (Å²) in [5.41, 5.74) is -1.34. The number of halogens is 5. The molecular formula is C13H10Cl2F3N3O3. The molecule has 0 aliphatic rings. The smallest absolute Gasteiger partial charge is 0.355 e. The van der Waals surface area contributed by atoms with Crippen molar-refractivity contribution in [3.05, 3.63) is 44.8 Å². The number of carboxylic acid groups (broad SMARTS) is 1. The van der Waals surface area contributed by atoms with Crippen LogP contribution in [0.1, 0.15) is 17.9 Å². The summed E-state index contributed by atoms with van der Waals surface area (Å²) in [5, 5.41) is 10.7. The van der Waals surface area contributed by atoms with Gasteiger partial charge in [-0.2, -0.15) is 18.6 Å². The molecule has 11 heteroatoms. The lowest BCUT2D eigenvalue weighted by atomic mass is 10.1. The third-order valence-corrected chi connectivity index (χ3v) is 3.94. The van der Waals surface area contributed by atoms with E-state index in [9.17, 15) is 22.8 Å². The Morgan fingerprint density at radius 3 is 2.54 bits per heavy atom. The fourth-order valence-electron chi connectivity index (χ4n) is 2.05. The maximum Gasteiger partial charge on any atom is 0.355 e. The molecule has 1 aromatic heterocycles. The van der Waals surface area contributed by atoms with Crippen LogP contribution >= 0.6 is 23.2 Å². The molecule has 0 saturated heterocycles. The molecule has 0 saturated carbocycles. The molecule has 1 aromatic carbocycles. The number of hydrogen-bond acceptors (Lipinski definition) is 3. The van der Waals surface area contributed by atoms with Gasteiger partial charge in [-0.05, 0) is 18.6 Å². The number of hydrogen-bond donors (Lipinski definition) is 1. The number of rotatable bonds is 5. The highest BCUT2D eigenvalue weighted by Gasteiger charge is 2.22. The van der Waals surface area contributed by atoms with Crippen LogP contribution in [-0.4, -0.2) is 30.8 Å². The van der Waals surface area contributed by atoms with E-state index in [-0.39, 0.29) is 33.1 Å². The predicted molar refractivity (Wildman–Crippen MR) is 79.8 cm³/mol. The molecule has 1 N–H and O–H groups in total. The fraction of sp³-hybridized carbons (Fsp3) is 0.308. The first kappa shape index (κ1) is 18.3. The summed E-state index contributed by atoms with van der Waals surface area (Å²) in [5.74, 6) is -2.57. The zero-order valence-corrected chi connectivity index (χ0v) is 13.5. The van der Waals surface area contributed by atoms with E-state index in [1.807, 2.05) is 0 Å². The lowest BCUT2D eigenvalue weighted by molar-refractivity contribution is -0.136.